The molecule has 0 spiro atoms. The van der Waals surface area contributed by atoms with E-state index in [1.54, 1.807) is 31.2 Å². The zero-order valence-corrected chi connectivity index (χ0v) is 17.1. The zero-order valence-electron chi connectivity index (χ0n) is 16.3. The average molecular weight is 398 g/mol. The molecule has 0 aliphatic rings. The van der Waals surface area contributed by atoms with Gasteiger partial charge in [0.05, 0.1) is 4.90 Å². The number of nitrogens with zero attached hydrogens (tertiary/aromatic N) is 1. The van der Waals surface area contributed by atoms with Gasteiger partial charge in [-0.2, -0.15) is 0 Å². The number of benzene rings is 2. The van der Waals surface area contributed by atoms with E-state index in [9.17, 15) is 13.2 Å². The van der Waals surface area contributed by atoms with Gasteiger partial charge in [0.2, 0.25) is 10.0 Å². The van der Waals surface area contributed by atoms with Crippen molar-refractivity contribution in [2.24, 2.45) is 0 Å². The van der Waals surface area contributed by atoms with Gasteiger partial charge in [-0.05, 0) is 81.9 Å². The fraction of sp³-hybridized carbons (Fsp3) is 0.190. The number of aryl methyl sites for hydroxylation is 3. The summed E-state index contributed by atoms with van der Waals surface area (Å²) in [4.78, 5) is 12.7. The van der Waals surface area contributed by atoms with Gasteiger partial charge in [-0.15, -0.1) is 0 Å². The molecule has 1 heterocycles. The number of anilines is 1. The lowest BCUT2D eigenvalue weighted by molar-refractivity contribution is 0.102. The Morgan fingerprint density at radius 2 is 1.50 bits per heavy atom. The van der Waals surface area contributed by atoms with E-state index in [0.29, 0.717) is 16.8 Å². The molecule has 1 aromatic heterocycles. The van der Waals surface area contributed by atoms with Crippen LogP contribution in [0.25, 0.3) is 5.69 Å². The molecule has 0 bridgehead atoms. The highest BCUT2D eigenvalue weighted by Gasteiger charge is 2.16. The molecule has 28 heavy (non-hydrogen) atoms. The highest BCUT2D eigenvalue weighted by atomic mass is 32.2. The molecule has 1 amide bonds. The Morgan fingerprint density at radius 1 is 0.893 bits per heavy atom. The Morgan fingerprint density at radius 3 is 2.07 bits per heavy atom. The maximum atomic E-state index is 12.6. The summed E-state index contributed by atoms with van der Waals surface area (Å²) in [6, 6.07) is 16.2. The van der Waals surface area contributed by atoms with Crippen molar-refractivity contribution in [2.75, 3.05) is 12.4 Å². The molecule has 0 aliphatic heterocycles. The van der Waals surface area contributed by atoms with Crippen molar-refractivity contribution in [2.45, 2.75) is 25.7 Å². The molecular formula is C21H23N3O3S. The number of hydrogen-bond donors (Lipinski definition) is 2. The molecule has 2 aromatic carbocycles. The summed E-state index contributed by atoms with van der Waals surface area (Å²) in [5, 5.41) is 2.76. The van der Waals surface area contributed by atoms with E-state index >= 15 is 0 Å². The summed E-state index contributed by atoms with van der Waals surface area (Å²) in [6.45, 7) is 5.77. The van der Waals surface area contributed by atoms with Crippen LogP contribution in [-0.2, 0) is 10.0 Å². The molecule has 0 fully saturated rings. The van der Waals surface area contributed by atoms with Gasteiger partial charge in [-0.1, -0.05) is 6.07 Å². The smallest absolute Gasteiger partial charge is 0.255 e. The lowest BCUT2D eigenvalue weighted by atomic mass is 10.1. The number of hydrogen-bond acceptors (Lipinski definition) is 3. The van der Waals surface area contributed by atoms with E-state index in [1.165, 1.54) is 13.1 Å². The van der Waals surface area contributed by atoms with Crippen LogP contribution in [0.3, 0.4) is 0 Å². The van der Waals surface area contributed by atoms with Crippen molar-refractivity contribution in [1.29, 1.82) is 0 Å². The highest BCUT2D eigenvalue weighted by Crippen LogP contribution is 2.21. The lowest BCUT2D eigenvalue weighted by Gasteiger charge is -2.12. The fourth-order valence-corrected chi connectivity index (χ4v) is 4.11. The normalized spacial score (nSPS) is 11.4. The summed E-state index contributed by atoms with van der Waals surface area (Å²) < 4.78 is 28.6. The van der Waals surface area contributed by atoms with E-state index in [4.69, 9.17) is 0 Å². The first-order valence-electron chi connectivity index (χ1n) is 8.84. The third kappa shape index (κ3) is 3.85. The summed E-state index contributed by atoms with van der Waals surface area (Å²) in [5.74, 6) is -0.302. The zero-order chi connectivity index (χ0) is 20.5. The third-order valence-corrected chi connectivity index (χ3v) is 6.22. The summed E-state index contributed by atoms with van der Waals surface area (Å²) in [6.07, 6.45) is 0. The average Bonchev–Trinajstić information content (AvgIpc) is 3.01. The second-order valence-corrected chi connectivity index (χ2v) is 8.50. The minimum Gasteiger partial charge on any atom is -0.322 e. The molecule has 0 saturated carbocycles. The number of amides is 1. The van der Waals surface area contributed by atoms with Crippen molar-refractivity contribution in [3.8, 4) is 5.69 Å². The molecule has 3 aromatic rings. The molecule has 0 unspecified atom stereocenters. The Labute approximate surface area is 165 Å². The minimum atomic E-state index is -3.59. The molecule has 3 rings (SSSR count). The predicted octanol–water partition coefficient (Wildman–Crippen LogP) is 3.56. The van der Waals surface area contributed by atoms with Crippen molar-refractivity contribution in [3.63, 3.8) is 0 Å². The van der Waals surface area contributed by atoms with Gasteiger partial charge in [0.15, 0.2) is 0 Å². The number of carbonyl (C=O) groups excluding carboxylic acids is 1. The Bertz CT molecular complexity index is 1110. The van der Waals surface area contributed by atoms with Crippen molar-refractivity contribution < 1.29 is 13.2 Å². The van der Waals surface area contributed by atoms with Gasteiger partial charge < -0.3 is 9.88 Å². The quantitative estimate of drug-likeness (QED) is 0.691. The number of rotatable bonds is 5. The van der Waals surface area contributed by atoms with E-state index < -0.39 is 10.0 Å². The van der Waals surface area contributed by atoms with Gasteiger partial charge in [0.1, 0.15) is 0 Å². The van der Waals surface area contributed by atoms with Crippen LogP contribution in [0, 0.1) is 20.8 Å². The minimum absolute atomic E-state index is 0.140. The van der Waals surface area contributed by atoms with Crippen LogP contribution in [0.1, 0.15) is 27.3 Å². The molecule has 0 radical (unpaired) electrons. The van der Waals surface area contributed by atoms with Crippen LogP contribution in [0.15, 0.2) is 59.5 Å². The van der Waals surface area contributed by atoms with Gasteiger partial charge >= 0.3 is 0 Å². The Kier molecular flexibility index (Phi) is 5.40. The molecule has 146 valence electrons. The first-order valence-corrected chi connectivity index (χ1v) is 10.3. The van der Waals surface area contributed by atoms with Gasteiger partial charge in [-0.25, -0.2) is 13.1 Å². The van der Waals surface area contributed by atoms with Crippen LogP contribution in [0.4, 0.5) is 5.69 Å². The van der Waals surface area contributed by atoms with E-state index in [1.807, 2.05) is 38.1 Å². The second-order valence-electron chi connectivity index (χ2n) is 6.64. The molecule has 0 aliphatic carbocycles. The topological polar surface area (TPSA) is 80.2 Å². The molecular weight excluding hydrogens is 374 g/mol. The molecule has 2 N–H and O–H groups in total. The fourth-order valence-electron chi connectivity index (χ4n) is 3.12. The second kappa shape index (κ2) is 7.61. The van der Waals surface area contributed by atoms with Crippen molar-refractivity contribution >= 4 is 21.6 Å². The third-order valence-electron chi connectivity index (χ3n) is 4.66. The number of aromatic nitrogens is 1. The number of nitrogens with one attached hydrogen (secondary N) is 2. The standard InChI is InChI=1S/C21H23N3O3S/c1-14-5-10-18(13-20(14)28(26,27)22-4)23-21(25)17-8-11-19(12-9-17)24-15(2)6-7-16(24)3/h5-13,22H,1-4H3,(H,23,25). The van der Waals surface area contributed by atoms with Gasteiger partial charge in [-0.3, -0.25) is 4.79 Å². The van der Waals surface area contributed by atoms with E-state index in [2.05, 4.69) is 14.6 Å². The highest BCUT2D eigenvalue weighted by molar-refractivity contribution is 7.89. The van der Waals surface area contributed by atoms with Crippen LogP contribution in [0.2, 0.25) is 0 Å². The first kappa shape index (κ1) is 19.9. The monoisotopic (exact) mass is 397 g/mol. The van der Waals surface area contributed by atoms with Gasteiger partial charge in [0, 0.05) is 28.3 Å². The summed E-state index contributed by atoms with van der Waals surface area (Å²) >= 11 is 0. The molecule has 0 saturated heterocycles. The Hall–Kier alpha value is -2.90. The van der Waals surface area contributed by atoms with Crippen molar-refractivity contribution in [1.82, 2.24) is 9.29 Å². The molecule has 0 atom stereocenters. The largest absolute Gasteiger partial charge is 0.322 e. The van der Waals surface area contributed by atoms with Crippen LogP contribution >= 0.6 is 0 Å². The van der Waals surface area contributed by atoms with Crippen molar-refractivity contribution in [3.05, 3.63) is 77.1 Å². The van der Waals surface area contributed by atoms with E-state index in [0.717, 1.165) is 17.1 Å². The van der Waals surface area contributed by atoms with E-state index in [-0.39, 0.29) is 10.8 Å². The predicted molar refractivity (Wildman–Crippen MR) is 111 cm³/mol. The maximum absolute atomic E-state index is 12.6. The van der Waals surface area contributed by atoms with Crippen LogP contribution in [0.5, 0.6) is 0 Å². The number of carbonyl (C=O) groups is 1. The molecule has 6 nitrogen and oxygen atoms in total. The van der Waals surface area contributed by atoms with Gasteiger partial charge in [0.25, 0.3) is 5.91 Å². The SMILES string of the molecule is CNS(=O)(=O)c1cc(NC(=O)c2ccc(-n3c(C)ccc3C)cc2)ccc1C. The summed E-state index contributed by atoms with van der Waals surface area (Å²) in [5.41, 5.74) is 4.74. The lowest BCUT2D eigenvalue weighted by Crippen LogP contribution is -2.20. The number of sulfonamides is 1. The molecule has 7 heteroatoms. The first-order chi connectivity index (χ1) is 13.2. The van der Waals surface area contributed by atoms with Crippen LogP contribution in [-0.4, -0.2) is 25.9 Å². The Balaban J connectivity index is 1.83. The summed E-state index contributed by atoms with van der Waals surface area (Å²) in [7, 11) is -2.24. The van der Waals surface area contributed by atoms with Crippen LogP contribution < -0.4 is 10.0 Å². The maximum Gasteiger partial charge on any atom is 0.255 e.